The SMILES string of the molecule is Cc1cn2cc(NC(=O)OC(C)(C)C)nc2c(-c2cn(C3CCCCO3)nn2)n1. The van der Waals surface area contributed by atoms with Crippen molar-refractivity contribution in [2.75, 3.05) is 11.9 Å². The van der Waals surface area contributed by atoms with E-state index in [0.29, 0.717) is 22.9 Å². The molecular formula is C19H25N7O3. The van der Waals surface area contributed by atoms with Crippen LogP contribution in [0.2, 0.25) is 0 Å². The molecule has 1 unspecified atom stereocenters. The van der Waals surface area contributed by atoms with Gasteiger partial charge in [0.25, 0.3) is 0 Å². The first-order valence-electron chi connectivity index (χ1n) is 9.69. The van der Waals surface area contributed by atoms with Crippen molar-refractivity contribution in [3.05, 3.63) is 24.3 Å². The summed E-state index contributed by atoms with van der Waals surface area (Å²) >= 11 is 0. The first-order valence-corrected chi connectivity index (χ1v) is 9.69. The first-order chi connectivity index (χ1) is 13.8. The second-order valence-electron chi connectivity index (χ2n) is 8.12. The van der Waals surface area contributed by atoms with Gasteiger partial charge in [0.05, 0.1) is 18.1 Å². The molecule has 3 aromatic rings. The topological polar surface area (TPSA) is 108 Å². The number of aromatic nitrogens is 6. The molecule has 0 spiro atoms. The Labute approximate surface area is 168 Å². The lowest BCUT2D eigenvalue weighted by atomic mass is 10.2. The van der Waals surface area contributed by atoms with Crippen molar-refractivity contribution >= 4 is 17.6 Å². The van der Waals surface area contributed by atoms with Crippen LogP contribution in [0.3, 0.4) is 0 Å². The third-order valence-electron chi connectivity index (χ3n) is 4.39. The minimum Gasteiger partial charge on any atom is -0.444 e. The summed E-state index contributed by atoms with van der Waals surface area (Å²) in [5.74, 6) is 0.371. The second-order valence-corrected chi connectivity index (χ2v) is 8.12. The van der Waals surface area contributed by atoms with Gasteiger partial charge in [0.15, 0.2) is 17.7 Å². The summed E-state index contributed by atoms with van der Waals surface area (Å²) in [4.78, 5) is 21.2. The first kappa shape index (κ1) is 19.3. The van der Waals surface area contributed by atoms with Gasteiger partial charge in [0, 0.05) is 12.8 Å². The summed E-state index contributed by atoms with van der Waals surface area (Å²) in [5, 5.41) is 11.2. The van der Waals surface area contributed by atoms with Crippen molar-refractivity contribution in [1.82, 2.24) is 29.4 Å². The van der Waals surface area contributed by atoms with Crippen LogP contribution in [0.1, 0.15) is 52.0 Å². The molecule has 4 rings (SSSR count). The molecule has 1 aliphatic rings. The van der Waals surface area contributed by atoms with Gasteiger partial charge in [0.2, 0.25) is 0 Å². The van der Waals surface area contributed by atoms with Gasteiger partial charge in [0.1, 0.15) is 17.0 Å². The van der Waals surface area contributed by atoms with Gasteiger partial charge < -0.3 is 13.9 Å². The molecule has 1 atom stereocenters. The Morgan fingerprint density at radius 3 is 2.79 bits per heavy atom. The lowest BCUT2D eigenvalue weighted by Gasteiger charge is -2.21. The van der Waals surface area contributed by atoms with E-state index >= 15 is 0 Å². The molecule has 10 nitrogen and oxygen atoms in total. The monoisotopic (exact) mass is 399 g/mol. The third-order valence-corrected chi connectivity index (χ3v) is 4.39. The van der Waals surface area contributed by atoms with E-state index in [0.717, 1.165) is 31.6 Å². The zero-order valence-corrected chi connectivity index (χ0v) is 17.0. The van der Waals surface area contributed by atoms with Gasteiger partial charge in [-0.2, -0.15) is 0 Å². The molecule has 1 N–H and O–H groups in total. The highest BCUT2D eigenvalue weighted by Gasteiger charge is 2.21. The van der Waals surface area contributed by atoms with Crippen molar-refractivity contribution < 1.29 is 14.3 Å². The fraction of sp³-hybridized carbons (Fsp3) is 0.526. The number of nitrogens with one attached hydrogen (secondary N) is 1. The number of amides is 1. The number of hydrogen-bond acceptors (Lipinski definition) is 7. The maximum Gasteiger partial charge on any atom is 0.413 e. The maximum absolute atomic E-state index is 12.1. The zero-order valence-electron chi connectivity index (χ0n) is 17.0. The highest BCUT2D eigenvalue weighted by Crippen LogP contribution is 2.26. The molecule has 1 fully saturated rings. The van der Waals surface area contributed by atoms with E-state index in [-0.39, 0.29) is 6.23 Å². The number of anilines is 1. The van der Waals surface area contributed by atoms with Crippen LogP contribution in [-0.2, 0) is 9.47 Å². The van der Waals surface area contributed by atoms with Crippen LogP contribution in [0.25, 0.3) is 17.0 Å². The fourth-order valence-electron chi connectivity index (χ4n) is 3.22. The molecule has 1 amide bonds. The molecule has 1 saturated heterocycles. The Morgan fingerprint density at radius 2 is 2.07 bits per heavy atom. The molecule has 0 aliphatic carbocycles. The smallest absolute Gasteiger partial charge is 0.413 e. The van der Waals surface area contributed by atoms with E-state index in [9.17, 15) is 4.79 Å². The number of imidazole rings is 1. The van der Waals surface area contributed by atoms with Crippen molar-refractivity contribution in [2.24, 2.45) is 0 Å². The molecule has 29 heavy (non-hydrogen) atoms. The molecule has 0 saturated carbocycles. The average molecular weight is 399 g/mol. The van der Waals surface area contributed by atoms with Gasteiger partial charge in [-0.1, -0.05) is 5.21 Å². The minimum absolute atomic E-state index is 0.102. The predicted octanol–water partition coefficient (Wildman–Crippen LogP) is 3.34. The van der Waals surface area contributed by atoms with Gasteiger partial charge in [-0.3, -0.25) is 5.32 Å². The van der Waals surface area contributed by atoms with Crippen LogP contribution >= 0.6 is 0 Å². The van der Waals surface area contributed by atoms with Crippen LogP contribution in [0.4, 0.5) is 10.6 Å². The van der Waals surface area contributed by atoms with Crippen LogP contribution < -0.4 is 5.32 Å². The van der Waals surface area contributed by atoms with Crippen LogP contribution in [0, 0.1) is 6.92 Å². The van der Waals surface area contributed by atoms with Gasteiger partial charge >= 0.3 is 6.09 Å². The summed E-state index contributed by atoms with van der Waals surface area (Å²) < 4.78 is 14.6. The lowest BCUT2D eigenvalue weighted by molar-refractivity contribution is -0.0404. The number of ether oxygens (including phenoxy) is 2. The van der Waals surface area contributed by atoms with Crippen molar-refractivity contribution in [3.63, 3.8) is 0 Å². The Hall–Kier alpha value is -3.01. The highest BCUT2D eigenvalue weighted by atomic mass is 16.6. The highest BCUT2D eigenvalue weighted by molar-refractivity contribution is 5.85. The van der Waals surface area contributed by atoms with Crippen molar-refractivity contribution in [1.29, 1.82) is 0 Å². The predicted molar refractivity (Wildman–Crippen MR) is 105 cm³/mol. The number of nitrogens with zero attached hydrogens (tertiary/aromatic N) is 6. The number of aryl methyl sites for hydroxylation is 1. The van der Waals surface area contributed by atoms with E-state index in [1.807, 2.05) is 19.3 Å². The number of fused-ring (bicyclic) bond motifs is 1. The van der Waals surface area contributed by atoms with Gasteiger partial charge in [-0.05, 0) is 47.0 Å². The molecule has 1 aliphatic heterocycles. The number of carbonyl (C=O) groups is 1. The molecule has 154 valence electrons. The maximum atomic E-state index is 12.1. The molecular weight excluding hydrogens is 374 g/mol. The summed E-state index contributed by atoms with van der Waals surface area (Å²) in [7, 11) is 0. The Balaban J connectivity index is 1.63. The largest absolute Gasteiger partial charge is 0.444 e. The van der Waals surface area contributed by atoms with Gasteiger partial charge in [-0.25, -0.2) is 19.4 Å². The normalized spacial score (nSPS) is 17.4. The molecule has 0 aromatic carbocycles. The number of rotatable bonds is 3. The Kier molecular flexibility index (Phi) is 4.95. The average Bonchev–Trinajstić information content (AvgIpc) is 3.27. The Morgan fingerprint density at radius 1 is 1.24 bits per heavy atom. The summed E-state index contributed by atoms with van der Waals surface area (Å²) in [6.45, 7) is 8.04. The van der Waals surface area contributed by atoms with Gasteiger partial charge in [-0.15, -0.1) is 5.10 Å². The number of hydrogen-bond donors (Lipinski definition) is 1. The zero-order chi connectivity index (χ0) is 20.6. The molecule has 0 radical (unpaired) electrons. The fourth-order valence-corrected chi connectivity index (χ4v) is 3.22. The van der Waals surface area contributed by atoms with E-state index in [1.54, 1.807) is 36.1 Å². The summed E-state index contributed by atoms with van der Waals surface area (Å²) in [6.07, 6.45) is 7.79. The summed E-state index contributed by atoms with van der Waals surface area (Å²) in [6, 6.07) is 0. The molecule has 10 heteroatoms. The quantitative estimate of drug-likeness (QED) is 0.719. The van der Waals surface area contributed by atoms with Crippen LogP contribution in [0.5, 0.6) is 0 Å². The van der Waals surface area contributed by atoms with Crippen LogP contribution in [0.15, 0.2) is 18.6 Å². The van der Waals surface area contributed by atoms with E-state index in [2.05, 4.69) is 25.6 Å². The molecule has 4 heterocycles. The number of carbonyl (C=O) groups excluding carboxylic acids is 1. The summed E-state index contributed by atoms with van der Waals surface area (Å²) in [5.41, 5.74) is 1.95. The van der Waals surface area contributed by atoms with Crippen molar-refractivity contribution in [2.45, 2.75) is 58.8 Å². The third kappa shape index (κ3) is 4.37. The van der Waals surface area contributed by atoms with Crippen molar-refractivity contribution in [3.8, 4) is 11.4 Å². The van der Waals surface area contributed by atoms with E-state index in [4.69, 9.17) is 9.47 Å². The standard InChI is InChI=1S/C19H25N7O3/c1-12-9-25-11-14(22-18(27)29-19(2,3)4)21-17(25)16(20-12)13-10-26(24-23-13)15-7-5-6-8-28-15/h9-11,15H,5-8H2,1-4H3,(H,22,27). The lowest BCUT2D eigenvalue weighted by Crippen LogP contribution is -2.27. The van der Waals surface area contributed by atoms with Crippen LogP contribution in [-0.4, -0.2) is 47.7 Å². The van der Waals surface area contributed by atoms with E-state index in [1.165, 1.54) is 0 Å². The Bertz CT molecular complexity index is 1030. The molecule has 0 bridgehead atoms. The minimum atomic E-state index is -0.591. The van der Waals surface area contributed by atoms with E-state index < -0.39 is 11.7 Å². The second kappa shape index (κ2) is 7.43. The molecule has 3 aromatic heterocycles.